The largest absolute Gasteiger partial charge is 0.339 e. The summed E-state index contributed by atoms with van der Waals surface area (Å²) in [6, 6.07) is 7.81. The normalized spacial score (nSPS) is 10.6. The van der Waals surface area contributed by atoms with E-state index in [1.165, 1.54) is 0 Å². The van der Waals surface area contributed by atoms with E-state index in [-0.39, 0.29) is 0 Å². The molecule has 106 valence electrons. The minimum Gasteiger partial charge on any atom is -0.339 e. The molecule has 0 unspecified atom stereocenters. The van der Waals surface area contributed by atoms with Crippen molar-refractivity contribution in [1.82, 2.24) is 30.2 Å². The SMILES string of the molecule is Cc1cnc(C)c(Nc2ccc(-n3nnnc3C)cc2)n1. The van der Waals surface area contributed by atoms with Gasteiger partial charge in [0.25, 0.3) is 0 Å². The van der Waals surface area contributed by atoms with Crippen molar-refractivity contribution in [3.05, 3.63) is 47.7 Å². The molecule has 1 aromatic carbocycles. The fourth-order valence-electron chi connectivity index (χ4n) is 1.95. The molecule has 3 aromatic rings. The van der Waals surface area contributed by atoms with E-state index in [1.807, 2.05) is 45.0 Å². The van der Waals surface area contributed by atoms with Gasteiger partial charge in [-0.1, -0.05) is 0 Å². The van der Waals surface area contributed by atoms with E-state index in [2.05, 4.69) is 30.8 Å². The molecule has 0 saturated heterocycles. The molecule has 21 heavy (non-hydrogen) atoms. The Kier molecular flexibility index (Phi) is 3.31. The molecule has 1 N–H and O–H groups in total. The van der Waals surface area contributed by atoms with Gasteiger partial charge in [-0.2, -0.15) is 4.68 Å². The predicted octanol–water partition coefficient (Wildman–Crippen LogP) is 2.12. The van der Waals surface area contributed by atoms with Crippen molar-refractivity contribution in [3.8, 4) is 5.69 Å². The molecule has 0 aliphatic carbocycles. The molecule has 0 aliphatic heterocycles. The Bertz CT molecular complexity index is 761. The van der Waals surface area contributed by atoms with Crippen LogP contribution < -0.4 is 5.32 Å². The molecule has 2 aromatic heterocycles. The first kappa shape index (κ1) is 13.2. The van der Waals surface area contributed by atoms with Crippen LogP contribution in [0.4, 0.5) is 11.5 Å². The molecule has 0 spiro atoms. The van der Waals surface area contributed by atoms with Gasteiger partial charge in [0.05, 0.1) is 17.1 Å². The second-order valence-corrected chi connectivity index (χ2v) is 4.76. The lowest BCUT2D eigenvalue weighted by molar-refractivity contribution is 0.779. The Morgan fingerprint density at radius 1 is 1.05 bits per heavy atom. The monoisotopic (exact) mass is 281 g/mol. The van der Waals surface area contributed by atoms with Gasteiger partial charge in [0.2, 0.25) is 0 Å². The van der Waals surface area contributed by atoms with Gasteiger partial charge in [0.15, 0.2) is 11.6 Å². The van der Waals surface area contributed by atoms with Crippen molar-refractivity contribution in [3.63, 3.8) is 0 Å². The Hall–Kier alpha value is -2.83. The molecule has 0 saturated carbocycles. The number of benzene rings is 1. The first-order valence-electron chi connectivity index (χ1n) is 6.56. The Balaban J connectivity index is 1.85. The van der Waals surface area contributed by atoms with Gasteiger partial charge >= 0.3 is 0 Å². The zero-order chi connectivity index (χ0) is 14.8. The van der Waals surface area contributed by atoms with E-state index in [9.17, 15) is 0 Å². The van der Waals surface area contributed by atoms with Crippen LogP contribution in [0.1, 0.15) is 17.2 Å². The molecule has 0 aliphatic rings. The van der Waals surface area contributed by atoms with Crippen molar-refractivity contribution >= 4 is 11.5 Å². The van der Waals surface area contributed by atoms with Crippen molar-refractivity contribution in [2.24, 2.45) is 0 Å². The number of nitrogens with zero attached hydrogens (tertiary/aromatic N) is 6. The fourth-order valence-corrected chi connectivity index (χ4v) is 1.95. The fraction of sp³-hybridized carbons (Fsp3) is 0.214. The van der Waals surface area contributed by atoms with E-state index in [1.54, 1.807) is 10.9 Å². The summed E-state index contributed by atoms with van der Waals surface area (Å²) in [7, 11) is 0. The molecule has 7 nitrogen and oxygen atoms in total. The third-order valence-corrected chi connectivity index (χ3v) is 3.08. The summed E-state index contributed by atoms with van der Waals surface area (Å²) in [5.74, 6) is 1.51. The molecular weight excluding hydrogens is 266 g/mol. The molecule has 0 bridgehead atoms. The summed E-state index contributed by atoms with van der Waals surface area (Å²) >= 11 is 0. The molecule has 0 atom stereocenters. The second kappa shape index (κ2) is 5.28. The third kappa shape index (κ3) is 2.71. The maximum Gasteiger partial charge on any atom is 0.153 e. The summed E-state index contributed by atoms with van der Waals surface area (Å²) in [5.41, 5.74) is 3.59. The van der Waals surface area contributed by atoms with Gasteiger partial charge in [-0.3, -0.25) is 4.98 Å². The minimum atomic E-state index is 0.746. The van der Waals surface area contributed by atoms with Crippen LogP contribution in [0.15, 0.2) is 30.5 Å². The molecule has 0 amide bonds. The quantitative estimate of drug-likeness (QED) is 0.792. The highest BCUT2D eigenvalue weighted by atomic mass is 15.5. The number of hydrogen-bond acceptors (Lipinski definition) is 6. The van der Waals surface area contributed by atoms with Crippen molar-refractivity contribution in [1.29, 1.82) is 0 Å². The minimum absolute atomic E-state index is 0.746. The number of nitrogens with one attached hydrogen (secondary N) is 1. The van der Waals surface area contributed by atoms with Gasteiger partial charge in [0, 0.05) is 11.9 Å². The number of rotatable bonds is 3. The number of tetrazole rings is 1. The highest BCUT2D eigenvalue weighted by Crippen LogP contribution is 2.19. The maximum absolute atomic E-state index is 4.44. The summed E-state index contributed by atoms with van der Waals surface area (Å²) in [6.07, 6.45) is 1.75. The topological polar surface area (TPSA) is 81.4 Å². The Labute approximate surface area is 122 Å². The summed E-state index contributed by atoms with van der Waals surface area (Å²) in [6.45, 7) is 5.70. The van der Waals surface area contributed by atoms with Crippen LogP contribution >= 0.6 is 0 Å². The maximum atomic E-state index is 4.44. The average Bonchev–Trinajstić information content (AvgIpc) is 2.90. The smallest absolute Gasteiger partial charge is 0.153 e. The number of aryl methyl sites for hydroxylation is 3. The summed E-state index contributed by atoms with van der Waals surface area (Å²) in [5, 5.41) is 14.7. The van der Waals surface area contributed by atoms with E-state index in [0.29, 0.717) is 0 Å². The molecule has 3 rings (SSSR count). The van der Waals surface area contributed by atoms with E-state index < -0.39 is 0 Å². The van der Waals surface area contributed by atoms with Gasteiger partial charge in [-0.25, -0.2) is 4.98 Å². The molecular formula is C14H15N7. The van der Waals surface area contributed by atoms with Crippen molar-refractivity contribution in [2.75, 3.05) is 5.32 Å². The summed E-state index contributed by atoms with van der Waals surface area (Å²) in [4.78, 5) is 8.73. The van der Waals surface area contributed by atoms with Crippen molar-refractivity contribution < 1.29 is 0 Å². The molecule has 7 heteroatoms. The number of anilines is 2. The van der Waals surface area contributed by atoms with Crippen molar-refractivity contribution in [2.45, 2.75) is 20.8 Å². The third-order valence-electron chi connectivity index (χ3n) is 3.08. The standard InChI is InChI=1S/C14H15N7/c1-9-8-15-10(2)14(16-9)17-12-4-6-13(7-5-12)21-11(3)18-19-20-21/h4-8H,1-3H3,(H,16,17). The van der Waals surface area contributed by atoms with Crippen LogP contribution in [-0.2, 0) is 0 Å². The second-order valence-electron chi connectivity index (χ2n) is 4.76. The molecule has 0 radical (unpaired) electrons. The van der Waals surface area contributed by atoms with Gasteiger partial charge in [-0.05, 0) is 55.5 Å². The van der Waals surface area contributed by atoms with Gasteiger partial charge in [-0.15, -0.1) is 5.10 Å². The lowest BCUT2D eigenvalue weighted by Gasteiger charge is -2.09. The Morgan fingerprint density at radius 2 is 1.81 bits per heavy atom. The van der Waals surface area contributed by atoms with Gasteiger partial charge in [0.1, 0.15) is 0 Å². The zero-order valence-electron chi connectivity index (χ0n) is 12.1. The first-order chi connectivity index (χ1) is 10.1. The molecule has 2 heterocycles. The van der Waals surface area contributed by atoms with E-state index in [4.69, 9.17) is 0 Å². The van der Waals surface area contributed by atoms with Crippen LogP contribution in [0.5, 0.6) is 0 Å². The van der Waals surface area contributed by atoms with E-state index >= 15 is 0 Å². The highest BCUT2D eigenvalue weighted by molar-refractivity contribution is 5.59. The Morgan fingerprint density at radius 3 is 2.48 bits per heavy atom. The van der Waals surface area contributed by atoms with Gasteiger partial charge < -0.3 is 5.32 Å². The predicted molar refractivity (Wildman–Crippen MR) is 78.7 cm³/mol. The summed E-state index contributed by atoms with van der Waals surface area (Å²) < 4.78 is 1.68. The van der Waals surface area contributed by atoms with Crippen LogP contribution in [-0.4, -0.2) is 30.2 Å². The lowest BCUT2D eigenvalue weighted by Crippen LogP contribution is -2.02. The zero-order valence-corrected chi connectivity index (χ0v) is 12.1. The van der Waals surface area contributed by atoms with Crippen LogP contribution in [0.25, 0.3) is 5.69 Å². The average molecular weight is 281 g/mol. The number of hydrogen-bond donors (Lipinski definition) is 1. The van der Waals surface area contributed by atoms with Crippen LogP contribution in [0.2, 0.25) is 0 Å². The van der Waals surface area contributed by atoms with E-state index in [0.717, 1.165) is 34.4 Å². The first-order valence-corrected chi connectivity index (χ1v) is 6.56. The highest BCUT2D eigenvalue weighted by Gasteiger charge is 2.05. The molecule has 0 fully saturated rings. The lowest BCUT2D eigenvalue weighted by atomic mass is 10.2. The van der Waals surface area contributed by atoms with Crippen LogP contribution in [0, 0.1) is 20.8 Å². The number of aromatic nitrogens is 6. The van der Waals surface area contributed by atoms with Crippen LogP contribution in [0.3, 0.4) is 0 Å².